The van der Waals surface area contributed by atoms with Crippen LogP contribution in [0.3, 0.4) is 0 Å². The van der Waals surface area contributed by atoms with Crippen molar-refractivity contribution in [2.75, 3.05) is 0 Å². The van der Waals surface area contributed by atoms with Crippen LogP contribution >= 0.6 is 24.4 Å². The zero-order valence-electron chi connectivity index (χ0n) is 6.76. The Labute approximate surface area is 82.6 Å². The highest BCUT2D eigenvalue weighted by atomic mass is 32.1. The largest absolute Gasteiger partial charge is 0.375 e. The predicted molar refractivity (Wildman–Crippen MR) is 58.4 cm³/mol. The monoisotopic (exact) mass is 204 g/mol. The van der Waals surface area contributed by atoms with Crippen LogP contribution in [-0.2, 0) is 0 Å². The highest BCUT2D eigenvalue weighted by Crippen LogP contribution is 1.79. The lowest BCUT2D eigenvalue weighted by molar-refractivity contribution is 0.756. The van der Waals surface area contributed by atoms with E-state index in [1.807, 2.05) is 6.92 Å². The van der Waals surface area contributed by atoms with Crippen LogP contribution in [0.2, 0.25) is 0 Å². The summed E-state index contributed by atoms with van der Waals surface area (Å²) in [5.74, 6) is 0. The van der Waals surface area contributed by atoms with E-state index < -0.39 is 0 Å². The van der Waals surface area contributed by atoms with E-state index in [2.05, 4.69) is 35.0 Å². The number of hydrazine groups is 1. The third-order valence-electron chi connectivity index (χ3n) is 1.01. The minimum absolute atomic E-state index is 0.109. The minimum Gasteiger partial charge on any atom is -0.375 e. The lowest BCUT2D eigenvalue weighted by Crippen LogP contribution is -2.50. The van der Waals surface area contributed by atoms with Crippen molar-refractivity contribution in [3.8, 4) is 0 Å². The Bertz CT molecular complexity index is 192. The van der Waals surface area contributed by atoms with Crippen molar-refractivity contribution in [1.82, 2.24) is 16.2 Å². The maximum Gasteiger partial charge on any atom is 0.185 e. The van der Waals surface area contributed by atoms with Crippen LogP contribution in [-0.4, -0.2) is 16.3 Å². The molecule has 1 unspecified atom stereocenters. The maximum absolute atomic E-state index is 5.15. The van der Waals surface area contributed by atoms with Crippen LogP contribution in [0.4, 0.5) is 0 Å². The molecule has 0 aliphatic heterocycles. The third kappa shape index (κ3) is 5.87. The van der Waals surface area contributed by atoms with Gasteiger partial charge in [0.2, 0.25) is 0 Å². The van der Waals surface area contributed by atoms with E-state index in [1.54, 1.807) is 6.08 Å². The van der Waals surface area contributed by atoms with Crippen molar-refractivity contribution < 1.29 is 0 Å². The molecule has 1 atom stereocenters. The average Bonchev–Trinajstić information content (AvgIpc) is 2.00. The van der Waals surface area contributed by atoms with Gasteiger partial charge in [-0.15, -0.1) is 6.58 Å². The first-order valence-electron chi connectivity index (χ1n) is 3.30. The standard InChI is InChI=1S/C6H12N4S2/c1-3-4(2)8-6(12)10-9-5(7)11/h3-4H,1H2,2H3,(H3,7,9,11)(H2,8,10,12). The van der Waals surface area contributed by atoms with Crippen molar-refractivity contribution in [3.05, 3.63) is 12.7 Å². The molecule has 0 aromatic heterocycles. The van der Waals surface area contributed by atoms with Gasteiger partial charge in [-0.25, -0.2) is 0 Å². The molecule has 0 spiro atoms. The summed E-state index contributed by atoms with van der Waals surface area (Å²) in [6, 6.07) is 0.109. The molecule has 0 heterocycles. The number of hydrogen-bond acceptors (Lipinski definition) is 2. The fraction of sp³-hybridized carbons (Fsp3) is 0.333. The fourth-order valence-corrected chi connectivity index (χ4v) is 0.708. The molecule has 0 amide bonds. The normalized spacial score (nSPS) is 11.1. The van der Waals surface area contributed by atoms with E-state index >= 15 is 0 Å². The molecule has 5 N–H and O–H groups in total. The maximum atomic E-state index is 5.15. The summed E-state index contributed by atoms with van der Waals surface area (Å²) in [6.07, 6.45) is 1.73. The van der Waals surface area contributed by atoms with Gasteiger partial charge in [-0.3, -0.25) is 10.9 Å². The number of thiocarbonyl (C=S) groups is 2. The van der Waals surface area contributed by atoms with Gasteiger partial charge in [-0.05, 0) is 31.4 Å². The molecule has 0 aliphatic rings. The number of rotatable bonds is 2. The molecule has 0 rings (SSSR count). The molecule has 0 aromatic carbocycles. The van der Waals surface area contributed by atoms with E-state index in [9.17, 15) is 0 Å². The van der Waals surface area contributed by atoms with Crippen LogP contribution < -0.4 is 21.9 Å². The molecule has 12 heavy (non-hydrogen) atoms. The summed E-state index contributed by atoms with van der Waals surface area (Å²) >= 11 is 9.42. The Morgan fingerprint density at radius 2 is 2.08 bits per heavy atom. The second-order valence-corrected chi connectivity index (χ2v) is 2.96. The van der Waals surface area contributed by atoms with Crippen LogP contribution in [0.1, 0.15) is 6.92 Å². The molecule has 0 saturated carbocycles. The van der Waals surface area contributed by atoms with Gasteiger partial charge in [0, 0.05) is 6.04 Å². The first-order chi connectivity index (χ1) is 5.56. The molecular formula is C6H12N4S2. The first kappa shape index (κ1) is 11.1. The summed E-state index contributed by atoms with van der Waals surface area (Å²) in [5.41, 5.74) is 10.3. The molecule has 0 fully saturated rings. The van der Waals surface area contributed by atoms with Crippen molar-refractivity contribution in [2.24, 2.45) is 5.73 Å². The molecule has 0 radical (unpaired) electrons. The second-order valence-electron chi connectivity index (χ2n) is 2.11. The Hall–Kier alpha value is -0.880. The molecule has 6 heteroatoms. The molecule has 4 nitrogen and oxygen atoms in total. The quantitative estimate of drug-likeness (QED) is 0.283. The zero-order chi connectivity index (χ0) is 9.56. The van der Waals surface area contributed by atoms with Gasteiger partial charge in [-0.2, -0.15) is 0 Å². The Balaban J connectivity index is 3.59. The van der Waals surface area contributed by atoms with Crippen molar-refractivity contribution >= 4 is 34.7 Å². The van der Waals surface area contributed by atoms with Gasteiger partial charge in [-0.1, -0.05) is 6.08 Å². The van der Waals surface area contributed by atoms with Gasteiger partial charge >= 0.3 is 0 Å². The van der Waals surface area contributed by atoms with Gasteiger partial charge in [0.05, 0.1) is 0 Å². The van der Waals surface area contributed by atoms with Crippen molar-refractivity contribution in [3.63, 3.8) is 0 Å². The summed E-state index contributed by atoms with van der Waals surface area (Å²) in [6.45, 7) is 5.51. The smallest absolute Gasteiger partial charge is 0.185 e. The topological polar surface area (TPSA) is 62.1 Å². The summed E-state index contributed by atoms with van der Waals surface area (Å²) in [7, 11) is 0. The van der Waals surface area contributed by atoms with E-state index in [-0.39, 0.29) is 11.2 Å². The lowest BCUT2D eigenvalue weighted by atomic mass is 10.3. The highest BCUT2D eigenvalue weighted by Gasteiger charge is 1.97. The summed E-state index contributed by atoms with van der Waals surface area (Å²) < 4.78 is 0. The van der Waals surface area contributed by atoms with Crippen LogP contribution in [0.25, 0.3) is 0 Å². The number of hydrogen-bond donors (Lipinski definition) is 4. The molecule has 0 aromatic rings. The summed E-state index contributed by atoms with van der Waals surface area (Å²) in [5, 5.41) is 3.48. The van der Waals surface area contributed by atoms with Crippen LogP contribution in [0.5, 0.6) is 0 Å². The van der Waals surface area contributed by atoms with Crippen molar-refractivity contribution in [2.45, 2.75) is 13.0 Å². The molecule has 0 saturated heterocycles. The van der Waals surface area contributed by atoms with Crippen molar-refractivity contribution in [1.29, 1.82) is 0 Å². The molecule has 0 aliphatic carbocycles. The third-order valence-corrected chi connectivity index (χ3v) is 1.33. The predicted octanol–water partition coefficient (Wildman–Crippen LogP) is -0.227. The lowest BCUT2D eigenvalue weighted by Gasteiger charge is -2.13. The van der Waals surface area contributed by atoms with Crippen LogP contribution in [0, 0.1) is 0 Å². The Morgan fingerprint density at radius 3 is 2.50 bits per heavy atom. The highest BCUT2D eigenvalue weighted by molar-refractivity contribution is 7.80. The van der Waals surface area contributed by atoms with E-state index in [4.69, 9.17) is 18.0 Å². The second kappa shape index (κ2) is 5.73. The molecule has 0 bridgehead atoms. The minimum atomic E-state index is 0.109. The summed E-state index contributed by atoms with van der Waals surface area (Å²) in [4.78, 5) is 0. The molecular weight excluding hydrogens is 192 g/mol. The molecule has 68 valence electrons. The van der Waals surface area contributed by atoms with E-state index in [0.717, 1.165) is 0 Å². The number of nitrogens with two attached hydrogens (primary N) is 1. The SMILES string of the molecule is C=CC(C)NC(=S)NNC(N)=S. The van der Waals surface area contributed by atoms with E-state index in [0.29, 0.717) is 5.11 Å². The van der Waals surface area contributed by atoms with Gasteiger partial charge in [0.15, 0.2) is 10.2 Å². The van der Waals surface area contributed by atoms with Gasteiger partial charge in [0.25, 0.3) is 0 Å². The number of nitrogens with one attached hydrogen (secondary N) is 3. The Kier molecular flexibility index (Phi) is 5.31. The van der Waals surface area contributed by atoms with Gasteiger partial charge in [0.1, 0.15) is 0 Å². The fourth-order valence-electron chi connectivity index (χ4n) is 0.420. The first-order valence-corrected chi connectivity index (χ1v) is 4.12. The van der Waals surface area contributed by atoms with Gasteiger partial charge < -0.3 is 11.1 Å². The van der Waals surface area contributed by atoms with E-state index in [1.165, 1.54) is 0 Å². The Morgan fingerprint density at radius 1 is 1.50 bits per heavy atom. The zero-order valence-corrected chi connectivity index (χ0v) is 8.39. The average molecular weight is 204 g/mol. The van der Waals surface area contributed by atoms with Crippen LogP contribution in [0.15, 0.2) is 12.7 Å².